The van der Waals surface area contributed by atoms with Crippen molar-refractivity contribution in [2.75, 3.05) is 12.8 Å². The van der Waals surface area contributed by atoms with E-state index < -0.39 is 10.6 Å². The molecule has 0 spiro atoms. The van der Waals surface area contributed by atoms with Gasteiger partial charge in [0.15, 0.2) is 5.75 Å². The molecule has 0 aliphatic carbocycles. The van der Waals surface area contributed by atoms with E-state index in [1.165, 1.54) is 13.2 Å². The Morgan fingerprint density at radius 1 is 1.67 bits per heavy atom. The van der Waals surface area contributed by atoms with Gasteiger partial charge in [-0.05, 0) is 32.4 Å². The van der Waals surface area contributed by atoms with Crippen molar-refractivity contribution in [1.29, 1.82) is 0 Å². The average Bonchev–Trinajstić information content (AvgIpc) is 2.84. The van der Waals surface area contributed by atoms with Crippen molar-refractivity contribution >= 4 is 33.8 Å². The molecule has 2 rings (SSSR count). The number of aromatic hydroxyl groups is 1. The molecule has 0 saturated heterocycles. The predicted octanol–water partition coefficient (Wildman–Crippen LogP) is 0.522. The number of phenols is 1. The lowest BCUT2D eigenvalue weighted by molar-refractivity contribution is -0.386. The number of nitrogens with zero attached hydrogens (tertiary/aromatic N) is 6. The van der Waals surface area contributed by atoms with Crippen molar-refractivity contribution in [3.05, 3.63) is 26.2 Å². The van der Waals surface area contributed by atoms with Gasteiger partial charge in [0.05, 0.1) is 28.3 Å². The Kier molecular flexibility index (Phi) is 3.98. The van der Waals surface area contributed by atoms with Crippen LogP contribution in [0.1, 0.15) is 5.56 Å². The standard InChI is InChI=1S/C9H8BrN7O4/c1-21-8-6(17(19)20)4(2-5(10)7(8)18)3-12-16-9(11)13-14-15-16/h2-3,18H,1H3,(H2,11,13,15). The number of tetrazole rings is 1. The van der Waals surface area contributed by atoms with Crippen LogP contribution in [0.3, 0.4) is 0 Å². The summed E-state index contributed by atoms with van der Waals surface area (Å²) in [5, 5.41) is 34.9. The van der Waals surface area contributed by atoms with Crippen LogP contribution in [0.4, 0.5) is 11.6 Å². The number of halogens is 1. The minimum absolute atomic E-state index is 0.0661. The third-order valence-corrected chi connectivity index (χ3v) is 2.99. The first-order valence-corrected chi connectivity index (χ1v) is 6.07. The summed E-state index contributed by atoms with van der Waals surface area (Å²) >= 11 is 3.07. The van der Waals surface area contributed by atoms with E-state index in [-0.39, 0.29) is 27.5 Å². The van der Waals surface area contributed by atoms with E-state index in [0.717, 1.165) is 11.0 Å². The first kappa shape index (κ1) is 14.6. The number of nitrogen functional groups attached to an aromatic ring is 1. The summed E-state index contributed by atoms with van der Waals surface area (Å²) in [5.41, 5.74) is 5.03. The number of nitro groups is 1. The summed E-state index contributed by atoms with van der Waals surface area (Å²) in [6, 6.07) is 1.31. The Hall–Kier alpha value is -2.76. The summed E-state index contributed by atoms with van der Waals surface area (Å²) < 4.78 is 5.07. The smallest absolute Gasteiger partial charge is 0.323 e. The van der Waals surface area contributed by atoms with Crippen LogP contribution in [-0.4, -0.2) is 43.7 Å². The molecule has 0 unspecified atom stereocenters. The molecule has 110 valence electrons. The SMILES string of the molecule is COc1c(O)c(Br)cc(C=Nn2nnnc2N)c1[N+](=O)[O-]. The fourth-order valence-corrected chi connectivity index (χ4v) is 1.92. The molecule has 1 heterocycles. The number of rotatable bonds is 4. The molecule has 0 aliphatic heterocycles. The zero-order chi connectivity index (χ0) is 15.6. The number of methoxy groups -OCH3 is 1. The van der Waals surface area contributed by atoms with Crippen molar-refractivity contribution < 1.29 is 14.8 Å². The Morgan fingerprint density at radius 3 is 2.90 bits per heavy atom. The molecular weight excluding hydrogens is 350 g/mol. The molecule has 0 radical (unpaired) electrons. The van der Waals surface area contributed by atoms with E-state index in [1.807, 2.05) is 0 Å². The average molecular weight is 358 g/mol. The van der Waals surface area contributed by atoms with Gasteiger partial charge >= 0.3 is 5.69 Å². The molecule has 0 atom stereocenters. The lowest BCUT2D eigenvalue weighted by atomic mass is 10.1. The van der Waals surface area contributed by atoms with E-state index in [2.05, 4.69) is 36.6 Å². The lowest BCUT2D eigenvalue weighted by Gasteiger charge is -2.08. The number of phenolic OH excluding ortho intramolecular Hbond substituents is 1. The number of hydrogen-bond donors (Lipinski definition) is 2. The van der Waals surface area contributed by atoms with Crippen molar-refractivity contribution in [2.45, 2.75) is 0 Å². The van der Waals surface area contributed by atoms with Crippen LogP contribution in [0.15, 0.2) is 15.6 Å². The quantitative estimate of drug-likeness (QED) is 0.455. The second kappa shape index (κ2) is 5.70. The lowest BCUT2D eigenvalue weighted by Crippen LogP contribution is -2.02. The molecule has 0 amide bonds. The van der Waals surface area contributed by atoms with E-state index in [0.29, 0.717) is 0 Å². The van der Waals surface area contributed by atoms with Gasteiger partial charge in [0.1, 0.15) is 0 Å². The number of aromatic nitrogens is 4. The van der Waals surface area contributed by atoms with Gasteiger partial charge in [-0.2, -0.15) is 5.10 Å². The minimum atomic E-state index is -0.699. The Bertz CT molecular complexity index is 729. The Labute approximate surface area is 125 Å². The number of nitrogens with two attached hydrogens (primary N) is 1. The van der Waals surface area contributed by atoms with Crippen LogP contribution in [0.5, 0.6) is 11.5 Å². The molecule has 0 bridgehead atoms. The Balaban J connectivity index is 2.58. The molecule has 0 fully saturated rings. The third kappa shape index (κ3) is 2.74. The van der Waals surface area contributed by atoms with Gasteiger partial charge in [0.25, 0.3) is 5.95 Å². The minimum Gasteiger partial charge on any atom is -0.503 e. The van der Waals surface area contributed by atoms with Crippen LogP contribution in [0.25, 0.3) is 0 Å². The summed E-state index contributed by atoms with van der Waals surface area (Å²) in [4.78, 5) is 11.3. The van der Waals surface area contributed by atoms with Gasteiger partial charge in [-0.1, -0.05) is 9.89 Å². The molecule has 1 aromatic carbocycles. The second-order valence-electron chi connectivity index (χ2n) is 3.61. The van der Waals surface area contributed by atoms with Crippen molar-refractivity contribution in [3.63, 3.8) is 0 Å². The van der Waals surface area contributed by atoms with Gasteiger partial charge < -0.3 is 15.6 Å². The Morgan fingerprint density at radius 2 is 2.38 bits per heavy atom. The fourth-order valence-electron chi connectivity index (χ4n) is 1.49. The summed E-state index contributed by atoms with van der Waals surface area (Å²) in [7, 11) is 1.20. The van der Waals surface area contributed by atoms with Gasteiger partial charge in [0, 0.05) is 0 Å². The molecule has 1 aromatic heterocycles. The number of ether oxygens (including phenoxy) is 1. The van der Waals surface area contributed by atoms with E-state index in [4.69, 9.17) is 10.5 Å². The number of nitro benzene ring substituents is 1. The maximum atomic E-state index is 11.2. The molecule has 2 aromatic rings. The van der Waals surface area contributed by atoms with Gasteiger partial charge in [-0.3, -0.25) is 10.1 Å². The van der Waals surface area contributed by atoms with Gasteiger partial charge in [-0.15, -0.1) is 0 Å². The number of benzene rings is 1. The highest BCUT2D eigenvalue weighted by Gasteiger charge is 2.26. The first-order chi connectivity index (χ1) is 9.95. The maximum absolute atomic E-state index is 11.2. The normalized spacial score (nSPS) is 11.0. The van der Waals surface area contributed by atoms with E-state index in [1.54, 1.807) is 0 Å². The largest absolute Gasteiger partial charge is 0.503 e. The predicted molar refractivity (Wildman–Crippen MR) is 74.2 cm³/mol. The van der Waals surface area contributed by atoms with Crippen LogP contribution in [-0.2, 0) is 0 Å². The van der Waals surface area contributed by atoms with Crippen molar-refractivity contribution in [2.24, 2.45) is 5.10 Å². The fraction of sp³-hybridized carbons (Fsp3) is 0.111. The van der Waals surface area contributed by atoms with Gasteiger partial charge in [-0.25, -0.2) is 0 Å². The second-order valence-corrected chi connectivity index (χ2v) is 4.46. The first-order valence-electron chi connectivity index (χ1n) is 5.27. The highest BCUT2D eigenvalue weighted by atomic mass is 79.9. The van der Waals surface area contributed by atoms with Crippen molar-refractivity contribution in [3.8, 4) is 11.5 Å². The third-order valence-electron chi connectivity index (χ3n) is 2.38. The van der Waals surface area contributed by atoms with Crippen LogP contribution >= 0.6 is 15.9 Å². The zero-order valence-electron chi connectivity index (χ0n) is 10.5. The van der Waals surface area contributed by atoms with E-state index in [9.17, 15) is 15.2 Å². The highest BCUT2D eigenvalue weighted by molar-refractivity contribution is 9.10. The van der Waals surface area contributed by atoms with Crippen LogP contribution in [0.2, 0.25) is 0 Å². The summed E-state index contributed by atoms with van der Waals surface area (Å²) in [6.45, 7) is 0. The van der Waals surface area contributed by atoms with Gasteiger partial charge in [0.2, 0.25) is 5.75 Å². The molecule has 11 nitrogen and oxygen atoms in total. The number of hydrogen-bond acceptors (Lipinski definition) is 9. The molecule has 0 saturated carbocycles. The highest BCUT2D eigenvalue weighted by Crippen LogP contribution is 2.43. The number of anilines is 1. The van der Waals surface area contributed by atoms with Crippen molar-refractivity contribution in [1.82, 2.24) is 20.3 Å². The topological polar surface area (TPSA) is 155 Å². The summed E-state index contributed by atoms with van der Waals surface area (Å²) in [6.07, 6.45) is 1.12. The molecule has 12 heteroatoms. The monoisotopic (exact) mass is 357 g/mol. The summed E-state index contributed by atoms with van der Waals surface area (Å²) in [5.74, 6) is -0.762. The molecular formula is C9H8BrN7O4. The molecule has 0 aliphatic rings. The zero-order valence-corrected chi connectivity index (χ0v) is 12.1. The molecule has 3 N–H and O–H groups in total. The molecule has 21 heavy (non-hydrogen) atoms. The van der Waals surface area contributed by atoms with E-state index >= 15 is 0 Å². The van der Waals surface area contributed by atoms with Crippen LogP contribution < -0.4 is 10.5 Å². The maximum Gasteiger partial charge on any atom is 0.323 e. The van der Waals surface area contributed by atoms with Crippen LogP contribution in [0, 0.1) is 10.1 Å².